The van der Waals surface area contributed by atoms with Crippen LogP contribution in [0.4, 0.5) is 0 Å². The van der Waals surface area contributed by atoms with Crippen LogP contribution in [0.1, 0.15) is 11.1 Å². The number of ether oxygens (including phenoxy) is 3. The molecular formula is C20H20N2O3. The van der Waals surface area contributed by atoms with Crippen LogP contribution in [0.25, 0.3) is 32.6 Å². The van der Waals surface area contributed by atoms with Gasteiger partial charge in [0.15, 0.2) is 11.5 Å². The Kier molecular flexibility index (Phi) is 3.46. The Morgan fingerprint density at radius 2 is 1.64 bits per heavy atom. The average molecular weight is 336 g/mol. The number of rotatable bonds is 3. The monoisotopic (exact) mass is 336 g/mol. The van der Waals surface area contributed by atoms with Gasteiger partial charge in [0.2, 0.25) is 5.75 Å². The molecule has 5 heteroatoms. The molecule has 0 aliphatic carbocycles. The Labute approximate surface area is 145 Å². The number of fused-ring (bicyclic) bond motifs is 4. The highest BCUT2D eigenvalue weighted by Crippen LogP contribution is 2.48. The number of aromatic amines is 1. The first-order chi connectivity index (χ1) is 12.1. The molecule has 0 amide bonds. The molecular weight excluding hydrogens is 316 g/mol. The smallest absolute Gasteiger partial charge is 0.204 e. The zero-order valence-electron chi connectivity index (χ0n) is 15.0. The summed E-state index contributed by atoms with van der Waals surface area (Å²) in [5.74, 6) is 1.91. The third kappa shape index (κ3) is 1.98. The highest BCUT2D eigenvalue weighted by molar-refractivity contribution is 6.19. The maximum Gasteiger partial charge on any atom is 0.204 e. The number of benzene rings is 2. The summed E-state index contributed by atoms with van der Waals surface area (Å²) in [6.07, 6.45) is 3.75. The average Bonchev–Trinajstić information content (AvgIpc) is 3.04. The molecule has 128 valence electrons. The van der Waals surface area contributed by atoms with E-state index >= 15 is 0 Å². The van der Waals surface area contributed by atoms with E-state index in [0.717, 1.165) is 27.2 Å². The summed E-state index contributed by atoms with van der Waals surface area (Å²) < 4.78 is 16.8. The van der Waals surface area contributed by atoms with Crippen molar-refractivity contribution in [3.8, 4) is 17.2 Å². The molecule has 25 heavy (non-hydrogen) atoms. The molecule has 0 atom stereocenters. The highest BCUT2D eigenvalue weighted by Gasteiger charge is 2.22. The van der Waals surface area contributed by atoms with Gasteiger partial charge in [-0.2, -0.15) is 0 Å². The van der Waals surface area contributed by atoms with Gasteiger partial charge in [-0.25, -0.2) is 0 Å². The Bertz CT molecular complexity index is 1130. The maximum atomic E-state index is 5.72. The van der Waals surface area contributed by atoms with Crippen LogP contribution < -0.4 is 14.2 Å². The second kappa shape index (κ2) is 5.55. The molecule has 1 N–H and O–H groups in total. The number of aryl methyl sites for hydroxylation is 2. The van der Waals surface area contributed by atoms with Crippen molar-refractivity contribution in [1.29, 1.82) is 0 Å². The van der Waals surface area contributed by atoms with E-state index in [2.05, 4.69) is 29.9 Å². The second-order valence-corrected chi connectivity index (χ2v) is 6.11. The Balaban J connectivity index is 2.31. The summed E-state index contributed by atoms with van der Waals surface area (Å²) in [7, 11) is 4.90. The van der Waals surface area contributed by atoms with Crippen LogP contribution in [0.15, 0.2) is 24.5 Å². The fraction of sp³-hybridized carbons (Fsp3) is 0.250. The summed E-state index contributed by atoms with van der Waals surface area (Å²) in [5, 5.41) is 4.47. The van der Waals surface area contributed by atoms with Crippen molar-refractivity contribution in [3.05, 3.63) is 35.7 Å². The third-order valence-corrected chi connectivity index (χ3v) is 4.97. The molecule has 0 spiro atoms. The molecule has 0 fully saturated rings. The Morgan fingerprint density at radius 3 is 2.32 bits per heavy atom. The zero-order valence-corrected chi connectivity index (χ0v) is 15.0. The van der Waals surface area contributed by atoms with Crippen LogP contribution in [0, 0.1) is 13.8 Å². The molecule has 0 unspecified atom stereocenters. The summed E-state index contributed by atoms with van der Waals surface area (Å²) >= 11 is 0. The summed E-state index contributed by atoms with van der Waals surface area (Å²) in [5.41, 5.74) is 4.41. The summed E-state index contributed by atoms with van der Waals surface area (Å²) in [4.78, 5) is 7.85. The van der Waals surface area contributed by atoms with Crippen molar-refractivity contribution in [2.24, 2.45) is 0 Å². The third-order valence-electron chi connectivity index (χ3n) is 4.97. The lowest BCUT2D eigenvalue weighted by Gasteiger charge is -2.14. The fourth-order valence-electron chi connectivity index (χ4n) is 3.77. The SMILES string of the molecule is COc1cc2[nH]c3c(C)c4ccncc4c(C)c3c2c(OC)c1OC. The van der Waals surface area contributed by atoms with Crippen molar-refractivity contribution in [3.63, 3.8) is 0 Å². The molecule has 0 radical (unpaired) electrons. The maximum absolute atomic E-state index is 5.72. The van der Waals surface area contributed by atoms with Crippen molar-refractivity contribution < 1.29 is 14.2 Å². The van der Waals surface area contributed by atoms with Crippen LogP contribution in [-0.2, 0) is 0 Å². The zero-order chi connectivity index (χ0) is 17.7. The van der Waals surface area contributed by atoms with E-state index in [1.165, 1.54) is 16.5 Å². The molecule has 2 heterocycles. The van der Waals surface area contributed by atoms with E-state index in [0.29, 0.717) is 17.2 Å². The topological polar surface area (TPSA) is 56.4 Å². The molecule has 4 rings (SSSR count). The van der Waals surface area contributed by atoms with E-state index in [1.807, 2.05) is 18.5 Å². The van der Waals surface area contributed by atoms with Gasteiger partial charge in [0, 0.05) is 29.2 Å². The fourth-order valence-corrected chi connectivity index (χ4v) is 3.77. The van der Waals surface area contributed by atoms with Gasteiger partial charge in [-0.05, 0) is 36.4 Å². The molecule has 2 aromatic carbocycles. The predicted octanol–water partition coefficient (Wildman–Crippen LogP) is 4.51. The number of aromatic nitrogens is 2. The summed E-state index contributed by atoms with van der Waals surface area (Å²) in [6.45, 7) is 4.25. The minimum absolute atomic E-state index is 0.599. The van der Waals surface area contributed by atoms with Gasteiger partial charge < -0.3 is 19.2 Å². The lowest BCUT2D eigenvalue weighted by molar-refractivity contribution is 0.327. The Morgan fingerprint density at radius 1 is 0.880 bits per heavy atom. The van der Waals surface area contributed by atoms with Gasteiger partial charge in [-0.15, -0.1) is 0 Å². The minimum atomic E-state index is 0.599. The van der Waals surface area contributed by atoms with Crippen LogP contribution in [-0.4, -0.2) is 31.3 Å². The number of nitrogens with zero attached hydrogens (tertiary/aromatic N) is 1. The van der Waals surface area contributed by atoms with Gasteiger partial charge in [-0.1, -0.05) is 0 Å². The minimum Gasteiger partial charge on any atom is -0.493 e. The normalized spacial score (nSPS) is 11.4. The number of H-pyrrole nitrogens is 1. The number of hydrogen-bond donors (Lipinski definition) is 1. The van der Waals surface area contributed by atoms with Gasteiger partial charge in [0.05, 0.1) is 37.7 Å². The molecule has 2 aromatic heterocycles. The van der Waals surface area contributed by atoms with Crippen LogP contribution in [0.2, 0.25) is 0 Å². The van der Waals surface area contributed by atoms with Gasteiger partial charge in [-0.3, -0.25) is 4.98 Å². The highest BCUT2D eigenvalue weighted by atomic mass is 16.5. The van der Waals surface area contributed by atoms with Crippen molar-refractivity contribution in [2.45, 2.75) is 13.8 Å². The van der Waals surface area contributed by atoms with Crippen LogP contribution in [0.5, 0.6) is 17.2 Å². The van der Waals surface area contributed by atoms with Gasteiger partial charge >= 0.3 is 0 Å². The number of hydrogen-bond acceptors (Lipinski definition) is 4. The first kappa shape index (κ1) is 15.6. The quantitative estimate of drug-likeness (QED) is 0.598. The standard InChI is InChI=1S/C20H20N2O3/c1-10-13-9-21-7-6-12(13)11(2)18-16(10)17-14(22-18)8-15(23-3)19(24-4)20(17)25-5/h6-9,22H,1-5H3. The molecule has 0 aliphatic heterocycles. The Hall–Kier alpha value is -2.95. The molecule has 5 nitrogen and oxygen atoms in total. The van der Waals surface area contributed by atoms with Crippen molar-refractivity contribution in [2.75, 3.05) is 21.3 Å². The molecule has 0 aliphatic rings. The molecule has 0 saturated carbocycles. The van der Waals surface area contributed by atoms with Crippen LogP contribution in [0.3, 0.4) is 0 Å². The lowest BCUT2D eigenvalue weighted by Crippen LogP contribution is -1.95. The first-order valence-electron chi connectivity index (χ1n) is 8.09. The van der Waals surface area contributed by atoms with E-state index in [4.69, 9.17) is 14.2 Å². The van der Waals surface area contributed by atoms with E-state index < -0.39 is 0 Å². The second-order valence-electron chi connectivity index (χ2n) is 6.11. The van der Waals surface area contributed by atoms with Gasteiger partial charge in [0.25, 0.3) is 0 Å². The molecule has 0 saturated heterocycles. The predicted molar refractivity (Wildman–Crippen MR) is 100 cm³/mol. The van der Waals surface area contributed by atoms with Gasteiger partial charge in [0.1, 0.15) is 0 Å². The number of nitrogens with one attached hydrogen (secondary N) is 1. The van der Waals surface area contributed by atoms with E-state index in [9.17, 15) is 0 Å². The molecule has 4 aromatic rings. The largest absolute Gasteiger partial charge is 0.493 e. The number of methoxy groups -OCH3 is 3. The number of pyridine rings is 1. The van der Waals surface area contributed by atoms with Crippen molar-refractivity contribution in [1.82, 2.24) is 9.97 Å². The lowest BCUT2D eigenvalue weighted by atomic mass is 9.96. The van der Waals surface area contributed by atoms with E-state index in [1.54, 1.807) is 21.3 Å². The molecule has 0 bridgehead atoms. The van der Waals surface area contributed by atoms with Crippen LogP contribution >= 0.6 is 0 Å². The van der Waals surface area contributed by atoms with E-state index in [-0.39, 0.29) is 0 Å². The van der Waals surface area contributed by atoms with Crippen molar-refractivity contribution >= 4 is 32.6 Å². The first-order valence-corrected chi connectivity index (χ1v) is 8.09. The summed E-state index contributed by atoms with van der Waals surface area (Å²) in [6, 6.07) is 4.01.